The summed E-state index contributed by atoms with van der Waals surface area (Å²) in [6.45, 7) is 0. The zero-order valence-corrected chi connectivity index (χ0v) is 30.3. The van der Waals surface area contributed by atoms with Crippen molar-refractivity contribution >= 4 is 7.81 Å². The summed E-state index contributed by atoms with van der Waals surface area (Å²) in [5.74, 6) is -3.49. The molecule has 0 unspecified atom stereocenters. The number of pyridine rings is 4. The van der Waals surface area contributed by atoms with Crippen molar-refractivity contribution in [3.63, 3.8) is 0 Å². The topological polar surface area (TPSA) is 51.6 Å². The molecule has 0 radical (unpaired) electrons. The average Bonchev–Trinajstić information content (AvgIpc) is 3.08. The summed E-state index contributed by atoms with van der Waals surface area (Å²) in [6, 6.07) is 22.7. The number of halogens is 16. The number of alkyl halides is 6. The van der Waals surface area contributed by atoms with Gasteiger partial charge in [-0.05, 0) is 35.7 Å². The van der Waals surface area contributed by atoms with Crippen molar-refractivity contribution in [1.29, 1.82) is 0 Å². The van der Waals surface area contributed by atoms with Crippen LogP contribution in [0, 0.1) is 35.4 Å². The summed E-state index contributed by atoms with van der Waals surface area (Å²) < 4.78 is 185. The smallest absolute Gasteiger partial charge is 0.304 e. The Bertz CT molecular complexity index is 2000. The molecule has 0 amide bonds. The van der Waals surface area contributed by atoms with Gasteiger partial charge in [0, 0.05) is 48.1 Å². The maximum absolute atomic E-state index is 13.3. The van der Waals surface area contributed by atoms with Crippen LogP contribution in [0.2, 0.25) is 0 Å². The molecule has 0 aliphatic carbocycles. The van der Waals surface area contributed by atoms with E-state index in [1.807, 2.05) is 36.4 Å². The van der Waals surface area contributed by atoms with E-state index in [1.165, 1.54) is 0 Å². The van der Waals surface area contributed by atoms with E-state index in [0.717, 1.165) is 47.8 Å². The summed E-state index contributed by atoms with van der Waals surface area (Å²) >= 11 is 0. The van der Waals surface area contributed by atoms with Crippen LogP contribution >= 0.6 is 7.81 Å². The molecule has 2 aromatic carbocycles. The minimum atomic E-state index is -10.7. The van der Waals surface area contributed by atoms with Crippen molar-refractivity contribution in [1.82, 2.24) is 19.9 Å². The van der Waals surface area contributed by atoms with E-state index in [0.29, 0.717) is 24.5 Å². The van der Waals surface area contributed by atoms with Gasteiger partial charge in [-0.3, -0.25) is 27.5 Å². The Labute approximate surface area is 318 Å². The Hall–Kier alpha value is -5.00. The Morgan fingerprint density at radius 3 is 1.04 bits per heavy atom. The molecule has 0 atom stereocenters. The van der Waals surface area contributed by atoms with Crippen LogP contribution < -0.4 is 0 Å². The first-order chi connectivity index (χ1) is 25.2. The van der Waals surface area contributed by atoms with Gasteiger partial charge in [0.2, 0.25) is 0 Å². The summed E-state index contributed by atoms with van der Waals surface area (Å²) in [5.41, 5.74) is -0.477. The van der Waals surface area contributed by atoms with Gasteiger partial charge in [-0.2, -0.15) is 26.3 Å². The van der Waals surface area contributed by atoms with Gasteiger partial charge in [0.05, 0.1) is 22.5 Å². The number of rotatable bonds is 3. The average molecular weight is 1010 g/mol. The van der Waals surface area contributed by atoms with Gasteiger partial charge in [-0.25, -0.2) is 0 Å². The molecule has 4 nitrogen and oxygen atoms in total. The molecule has 4 aromatic heterocycles. The first kappa shape index (κ1) is 47.2. The van der Waals surface area contributed by atoms with Crippen molar-refractivity contribution in [3.05, 3.63) is 156 Å². The fourth-order valence-corrected chi connectivity index (χ4v) is 3.73. The van der Waals surface area contributed by atoms with Crippen LogP contribution in [0.5, 0.6) is 0 Å². The summed E-state index contributed by atoms with van der Waals surface area (Å²) in [6.07, 6.45) is -4.29. The molecule has 56 heavy (non-hydrogen) atoms. The molecule has 0 spiro atoms. The first-order valence-corrected chi connectivity index (χ1v) is 16.4. The van der Waals surface area contributed by atoms with Crippen LogP contribution in [0.4, 0.5) is 69.1 Å². The predicted molar refractivity (Wildman–Crippen MR) is 168 cm³/mol. The molecule has 22 heteroatoms. The second kappa shape index (κ2) is 17.9. The van der Waals surface area contributed by atoms with Crippen molar-refractivity contribution in [2.75, 3.05) is 0 Å². The molecule has 6 rings (SSSR count). The third-order valence-electron chi connectivity index (χ3n) is 6.00. The standard InChI is InChI=1S/2C12H5F5N.C10H8N2.F6P.Ir/c2*13-8-2-3-9(10(14)5-8)11-4-1-7(6-18-11)12(15,16)17;1-3-7-11-9(5-1)10-6-2-4-8-12-10;1-7(2,3,4,5)6;/h2*1-2,4-6H;1-8H;;/q2*-1;;-1;+3. The zero-order valence-electron chi connectivity index (χ0n) is 27.0. The van der Waals surface area contributed by atoms with E-state index in [4.69, 9.17) is 0 Å². The van der Waals surface area contributed by atoms with E-state index < -0.39 is 54.6 Å². The van der Waals surface area contributed by atoms with Crippen molar-refractivity contribution < 1.29 is 89.2 Å². The normalized spacial score (nSPS) is 12.4. The molecular formula is C34H18F16IrN4P. The fraction of sp³-hybridized carbons (Fsp3) is 0.0588. The molecule has 0 saturated heterocycles. The van der Waals surface area contributed by atoms with E-state index >= 15 is 0 Å². The summed E-state index contributed by atoms with van der Waals surface area (Å²) in [5, 5.41) is 0. The third kappa shape index (κ3) is 17.2. The predicted octanol–water partition coefficient (Wildman–Crippen LogP) is 13.2. The Kier molecular flexibility index (Phi) is 15.0. The minimum absolute atomic E-state index is 0. The first-order valence-electron chi connectivity index (χ1n) is 14.4. The second-order valence-electron chi connectivity index (χ2n) is 10.3. The van der Waals surface area contributed by atoms with Crippen LogP contribution in [-0.2, 0) is 32.5 Å². The molecule has 6 aromatic rings. The van der Waals surface area contributed by atoms with Crippen molar-refractivity contribution in [2.45, 2.75) is 12.4 Å². The molecule has 0 aliphatic rings. The van der Waals surface area contributed by atoms with Gasteiger partial charge in [-0.15, -0.1) is 24.3 Å². The third-order valence-corrected chi connectivity index (χ3v) is 6.00. The number of nitrogens with zero attached hydrogens (tertiary/aromatic N) is 4. The van der Waals surface area contributed by atoms with Crippen molar-refractivity contribution in [3.8, 4) is 33.9 Å². The second-order valence-corrected chi connectivity index (χ2v) is 12.2. The number of hydrogen-bond acceptors (Lipinski definition) is 4. The summed E-state index contributed by atoms with van der Waals surface area (Å²) in [4.78, 5) is 15.4. The van der Waals surface area contributed by atoms with Crippen LogP contribution in [0.15, 0.2) is 110 Å². The Morgan fingerprint density at radius 2 is 0.804 bits per heavy atom. The number of hydrogen-bond donors (Lipinski definition) is 0. The molecule has 0 fully saturated rings. The number of aromatic nitrogens is 4. The maximum Gasteiger partial charge on any atom is 3.00 e. The van der Waals surface area contributed by atoms with Gasteiger partial charge in [-0.1, -0.05) is 59.7 Å². The van der Waals surface area contributed by atoms with Gasteiger partial charge in [0.15, 0.2) is 0 Å². The molecule has 0 aliphatic heterocycles. The SMILES string of the molecule is F[P-](F)(F)(F)(F)F.Fc1c[c-]c(-c2ccc(C(F)(F)F)cn2)c(F)c1.Fc1c[c-]c(-c2ccc(C(F)(F)F)cn2)c(F)c1.[Ir+3].c1ccc(-c2ccccn2)nc1. The van der Waals surface area contributed by atoms with Gasteiger partial charge in [0.1, 0.15) is 0 Å². The van der Waals surface area contributed by atoms with E-state index in [9.17, 15) is 69.1 Å². The van der Waals surface area contributed by atoms with Crippen LogP contribution in [0.1, 0.15) is 11.1 Å². The van der Waals surface area contributed by atoms with E-state index in [2.05, 4.69) is 32.1 Å². The summed E-state index contributed by atoms with van der Waals surface area (Å²) in [7, 11) is -10.7. The van der Waals surface area contributed by atoms with Crippen LogP contribution in [0.25, 0.3) is 33.9 Å². The maximum atomic E-state index is 13.3. The Balaban J connectivity index is 0.000000269. The van der Waals surface area contributed by atoms with Crippen LogP contribution in [-0.4, -0.2) is 19.9 Å². The van der Waals surface area contributed by atoms with Crippen LogP contribution in [0.3, 0.4) is 0 Å². The zero-order chi connectivity index (χ0) is 41.3. The minimum Gasteiger partial charge on any atom is -0.304 e. The number of benzene rings is 2. The molecule has 300 valence electrons. The van der Waals surface area contributed by atoms with E-state index in [1.54, 1.807) is 12.4 Å². The van der Waals surface area contributed by atoms with Gasteiger partial charge < -0.3 is 9.97 Å². The Morgan fingerprint density at radius 1 is 0.464 bits per heavy atom. The molecule has 0 bridgehead atoms. The molecule has 0 saturated carbocycles. The largest absolute Gasteiger partial charge is 3.00 e. The van der Waals surface area contributed by atoms with Crippen molar-refractivity contribution in [2.24, 2.45) is 0 Å². The quantitative estimate of drug-likeness (QED) is 0.101. The molecular weight excluding hydrogens is 992 g/mol. The van der Waals surface area contributed by atoms with Gasteiger partial charge in [0.25, 0.3) is 0 Å². The van der Waals surface area contributed by atoms with Gasteiger partial charge >= 0.3 is 65.4 Å². The van der Waals surface area contributed by atoms with E-state index in [-0.39, 0.29) is 42.6 Å². The fourth-order valence-electron chi connectivity index (χ4n) is 3.73. The molecule has 4 heterocycles. The monoisotopic (exact) mass is 1010 g/mol. The molecule has 0 N–H and O–H groups in total.